The average Bonchev–Trinajstić information content (AvgIpc) is 2.64. The van der Waals surface area contributed by atoms with Crippen LogP contribution >= 0.6 is 0 Å². The van der Waals surface area contributed by atoms with E-state index in [1.54, 1.807) is 0 Å². The van der Waals surface area contributed by atoms with Crippen LogP contribution in [0.2, 0.25) is 0 Å². The Hall–Kier alpha value is -0.120. The summed E-state index contributed by atoms with van der Waals surface area (Å²) in [5.74, 6) is 1.69. The summed E-state index contributed by atoms with van der Waals surface area (Å²) in [6.07, 6.45) is 4.49. The molecule has 0 aliphatic carbocycles. The molecule has 2 fully saturated rings. The molecule has 3 nitrogen and oxygen atoms in total. The Kier molecular flexibility index (Phi) is 4.22. The van der Waals surface area contributed by atoms with Crippen molar-refractivity contribution in [2.75, 3.05) is 26.2 Å². The number of ether oxygens (including phenoxy) is 1. The Morgan fingerprint density at radius 2 is 1.75 bits per heavy atom. The van der Waals surface area contributed by atoms with Gasteiger partial charge in [0.05, 0.1) is 12.2 Å². The van der Waals surface area contributed by atoms with Gasteiger partial charge in [0.25, 0.3) is 0 Å². The lowest BCUT2D eigenvalue weighted by Crippen LogP contribution is -2.42. The van der Waals surface area contributed by atoms with Gasteiger partial charge in [0.1, 0.15) is 0 Å². The molecule has 4 unspecified atom stereocenters. The van der Waals surface area contributed by atoms with Crippen molar-refractivity contribution in [3.05, 3.63) is 0 Å². The standard InChI is InChI=1S/C13H26N2O/c1-10-5-11(2)8-15(7-10)9-13-4-3-12(6-14)16-13/h10-13H,3-9,14H2,1-2H3. The molecule has 0 bridgehead atoms. The van der Waals surface area contributed by atoms with Crippen LogP contribution in [-0.4, -0.2) is 43.3 Å². The van der Waals surface area contributed by atoms with Gasteiger partial charge in [-0.1, -0.05) is 13.8 Å². The Morgan fingerprint density at radius 1 is 1.12 bits per heavy atom. The van der Waals surface area contributed by atoms with E-state index in [1.165, 1.54) is 25.9 Å². The molecule has 0 spiro atoms. The molecule has 2 N–H and O–H groups in total. The maximum absolute atomic E-state index is 5.92. The molecule has 4 atom stereocenters. The smallest absolute Gasteiger partial charge is 0.0707 e. The van der Waals surface area contributed by atoms with Crippen molar-refractivity contribution >= 4 is 0 Å². The van der Waals surface area contributed by atoms with Crippen LogP contribution in [0.15, 0.2) is 0 Å². The van der Waals surface area contributed by atoms with Crippen molar-refractivity contribution in [2.45, 2.75) is 45.3 Å². The van der Waals surface area contributed by atoms with Crippen molar-refractivity contribution in [1.29, 1.82) is 0 Å². The lowest BCUT2D eigenvalue weighted by Gasteiger charge is -2.36. The first-order valence-electron chi connectivity index (χ1n) is 6.75. The minimum atomic E-state index is 0.324. The molecule has 3 heteroatoms. The Labute approximate surface area is 99.3 Å². The molecule has 2 aliphatic rings. The van der Waals surface area contributed by atoms with E-state index in [9.17, 15) is 0 Å². The molecule has 94 valence electrons. The minimum Gasteiger partial charge on any atom is -0.372 e. The third kappa shape index (κ3) is 3.19. The number of hydrogen-bond donors (Lipinski definition) is 1. The van der Waals surface area contributed by atoms with Crippen LogP contribution in [-0.2, 0) is 4.74 Å². The fourth-order valence-corrected chi connectivity index (χ4v) is 3.32. The zero-order valence-corrected chi connectivity index (χ0v) is 10.7. The summed E-state index contributed by atoms with van der Waals surface area (Å²) in [7, 11) is 0. The highest BCUT2D eigenvalue weighted by Gasteiger charge is 2.28. The van der Waals surface area contributed by atoms with Gasteiger partial charge in [-0.05, 0) is 31.1 Å². The van der Waals surface area contributed by atoms with Gasteiger partial charge in [0, 0.05) is 26.2 Å². The second-order valence-electron chi connectivity index (χ2n) is 5.86. The predicted octanol–water partition coefficient (Wildman–Crippen LogP) is 1.47. The fourth-order valence-electron chi connectivity index (χ4n) is 3.32. The highest BCUT2D eigenvalue weighted by molar-refractivity contribution is 4.81. The van der Waals surface area contributed by atoms with E-state index in [2.05, 4.69) is 18.7 Å². The van der Waals surface area contributed by atoms with Crippen molar-refractivity contribution in [2.24, 2.45) is 17.6 Å². The van der Waals surface area contributed by atoms with Gasteiger partial charge < -0.3 is 15.4 Å². The zero-order chi connectivity index (χ0) is 11.5. The number of nitrogens with two attached hydrogens (primary N) is 1. The van der Waals surface area contributed by atoms with E-state index < -0.39 is 0 Å². The number of rotatable bonds is 3. The highest BCUT2D eigenvalue weighted by atomic mass is 16.5. The first-order valence-corrected chi connectivity index (χ1v) is 6.75. The second-order valence-corrected chi connectivity index (χ2v) is 5.86. The Morgan fingerprint density at radius 3 is 2.31 bits per heavy atom. The molecular weight excluding hydrogens is 200 g/mol. The van der Waals surface area contributed by atoms with Gasteiger partial charge in [-0.3, -0.25) is 0 Å². The molecule has 0 aromatic carbocycles. The molecule has 16 heavy (non-hydrogen) atoms. The number of hydrogen-bond acceptors (Lipinski definition) is 3. The van der Waals surface area contributed by atoms with Gasteiger partial charge in [-0.25, -0.2) is 0 Å². The lowest BCUT2D eigenvalue weighted by atomic mass is 9.91. The monoisotopic (exact) mass is 226 g/mol. The first-order chi connectivity index (χ1) is 7.67. The highest BCUT2D eigenvalue weighted by Crippen LogP contribution is 2.24. The van der Waals surface area contributed by atoms with E-state index in [-0.39, 0.29) is 0 Å². The molecule has 2 heterocycles. The molecule has 2 saturated heterocycles. The topological polar surface area (TPSA) is 38.5 Å². The molecule has 2 rings (SSSR count). The van der Waals surface area contributed by atoms with Crippen molar-refractivity contribution in [3.63, 3.8) is 0 Å². The van der Waals surface area contributed by atoms with E-state index in [0.29, 0.717) is 18.8 Å². The first kappa shape index (κ1) is 12.3. The third-order valence-electron chi connectivity index (χ3n) is 3.86. The molecule has 0 saturated carbocycles. The zero-order valence-electron chi connectivity index (χ0n) is 10.7. The summed E-state index contributed by atoms with van der Waals surface area (Å²) in [5.41, 5.74) is 5.63. The molecule has 0 aromatic heterocycles. The SMILES string of the molecule is CC1CC(C)CN(CC2CCC(CN)O2)C1. The number of nitrogens with zero attached hydrogens (tertiary/aromatic N) is 1. The maximum atomic E-state index is 5.92. The van der Waals surface area contributed by atoms with E-state index in [4.69, 9.17) is 10.5 Å². The number of piperidine rings is 1. The van der Waals surface area contributed by atoms with Gasteiger partial charge >= 0.3 is 0 Å². The Bertz CT molecular complexity index is 212. The summed E-state index contributed by atoms with van der Waals surface area (Å²) in [6.45, 7) is 9.02. The fraction of sp³-hybridized carbons (Fsp3) is 1.00. The molecule has 2 aliphatic heterocycles. The van der Waals surface area contributed by atoms with E-state index in [0.717, 1.165) is 24.8 Å². The van der Waals surface area contributed by atoms with Crippen molar-refractivity contribution in [1.82, 2.24) is 4.90 Å². The molecule has 0 amide bonds. The van der Waals surface area contributed by atoms with Crippen LogP contribution in [0.4, 0.5) is 0 Å². The number of likely N-dealkylation sites (tertiary alicyclic amines) is 1. The molecular formula is C13H26N2O. The van der Waals surface area contributed by atoms with Gasteiger partial charge in [0.15, 0.2) is 0 Å². The van der Waals surface area contributed by atoms with Crippen LogP contribution in [0.1, 0.15) is 33.1 Å². The molecule has 0 radical (unpaired) electrons. The van der Waals surface area contributed by atoms with Crippen molar-refractivity contribution in [3.8, 4) is 0 Å². The maximum Gasteiger partial charge on any atom is 0.0707 e. The largest absolute Gasteiger partial charge is 0.372 e. The lowest BCUT2D eigenvalue weighted by molar-refractivity contribution is 0.0131. The molecule has 0 aromatic rings. The van der Waals surface area contributed by atoms with Gasteiger partial charge in [-0.15, -0.1) is 0 Å². The second kappa shape index (κ2) is 5.48. The van der Waals surface area contributed by atoms with Gasteiger partial charge in [-0.2, -0.15) is 0 Å². The summed E-state index contributed by atoms with van der Waals surface area (Å²) >= 11 is 0. The third-order valence-corrected chi connectivity index (χ3v) is 3.86. The average molecular weight is 226 g/mol. The van der Waals surface area contributed by atoms with Crippen molar-refractivity contribution < 1.29 is 4.74 Å². The van der Waals surface area contributed by atoms with Crippen LogP contribution in [0.25, 0.3) is 0 Å². The predicted molar refractivity (Wildman–Crippen MR) is 66.3 cm³/mol. The summed E-state index contributed by atoms with van der Waals surface area (Å²) in [6, 6.07) is 0. The van der Waals surface area contributed by atoms with Crippen LogP contribution in [0.5, 0.6) is 0 Å². The quantitative estimate of drug-likeness (QED) is 0.792. The van der Waals surface area contributed by atoms with Crippen LogP contribution in [0, 0.1) is 11.8 Å². The van der Waals surface area contributed by atoms with E-state index >= 15 is 0 Å². The summed E-state index contributed by atoms with van der Waals surface area (Å²) < 4.78 is 5.92. The van der Waals surface area contributed by atoms with Gasteiger partial charge in [0.2, 0.25) is 0 Å². The normalized spacial score (nSPS) is 41.4. The van der Waals surface area contributed by atoms with Crippen LogP contribution < -0.4 is 5.73 Å². The van der Waals surface area contributed by atoms with Crippen LogP contribution in [0.3, 0.4) is 0 Å². The summed E-state index contributed by atoms with van der Waals surface area (Å²) in [4.78, 5) is 2.59. The Balaban J connectivity index is 1.77. The van der Waals surface area contributed by atoms with E-state index in [1.807, 2.05) is 0 Å². The minimum absolute atomic E-state index is 0.324. The summed E-state index contributed by atoms with van der Waals surface area (Å²) in [5, 5.41) is 0.